The first-order valence-electron chi connectivity index (χ1n) is 10.1. The van der Waals surface area contributed by atoms with Crippen molar-refractivity contribution in [2.24, 2.45) is 0 Å². The van der Waals surface area contributed by atoms with Crippen molar-refractivity contribution in [2.75, 3.05) is 13.7 Å². The van der Waals surface area contributed by atoms with E-state index in [0.29, 0.717) is 24.6 Å². The molecule has 0 bridgehead atoms. The summed E-state index contributed by atoms with van der Waals surface area (Å²) in [6.45, 7) is 8.43. The average molecular weight is 397 g/mol. The van der Waals surface area contributed by atoms with Gasteiger partial charge in [0.15, 0.2) is 6.61 Å². The minimum atomic E-state index is -0.542. The number of aryl methyl sites for hydroxylation is 1. The van der Waals surface area contributed by atoms with E-state index in [2.05, 4.69) is 19.2 Å². The standard InChI is InChI=1S/C24H32N2O3/c1-6-22(24(28)25-5)26(15-19-9-7-8-18(4)14-19)23(27)16-29-21-12-10-20(11-13-21)17(2)3/h7-14,17,22H,6,15-16H2,1-5H3,(H,25,28)/t22-/m0/s1. The van der Waals surface area contributed by atoms with Crippen LogP contribution in [0.25, 0.3) is 0 Å². The summed E-state index contributed by atoms with van der Waals surface area (Å²) < 4.78 is 5.73. The van der Waals surface area contributed by atoms with Gasteiger partial charge < -0.3 is 15.0 Å². The highest BCUT2D eigenvalue weighted by Gasteiger charge is 2.28. The molecule has 2 aromatic carbocycles. The molecule has 0 unspecified atom stereocenters. The number of nitrogens with one attached hydrogen (secondary N) is 1. The third-order valence-corrected chi connectivity index (χ3v) is 4.98. The zero-order valence-electron chi connectivity index (χ0n) is 18.1. The lowest BCUT2D eigenvalue weighted by Crippen LogP contribution is -2.49. The summed E-state index contributed by atoms with van der Waals surface area (Å²) in [7, 11) is 1.59. The number of amides is 2. The Kier molecular flexibility index (Phi) is 8.25. The Labute approximate surface area is 174 Å². The first-order chi connectivity index (χ1) is 13.8. The van der Waals surface area contributed by atoms with Crippen molar-refractivity contribution in [3.8, 4) is 5.75 Å². The molecule has 2 aromatic rings. The van der Waals surface area contributed by atoms with Gasteiger partial charge in [0.05, 0.1) is 0 Å². The molecule has 29 heavy (non-hydrogen) atoms. The molecule has 0 aliphatic heterocycles. The Morgan fingerprint density at radius 1 is 1.10 bits per heavy atom. The fourth-order valence-corrected chi connectivity index (χ4v) is 3.27. The van der Waals surface area contributed by atoms with Crippen molar-refractivity contribution in [1.82, 2.24) is 10.2 Å². The van der Waals surface area contributed by atoms with Crippen LogP contribution < -0.4 is 10.1 Å². The number of ether oxygens (including phenoxy) is 1. The van der Waals surface area contributed by atoms with E-state index in [4.69, 9.17) is 4.74 Å². The van der Waals surface area contributed by atoms with Crippen molar-refractivity contribution in [2.45, 2.75) is 52.6 Å². The molecule has 0 saturated heterocycles. The number of carbonyl (C=O) groups is 2. The number of likely N-dealkylation sites (N-methyl/N-ethyl adjacent to an activating group) is 1. The van der Waals surface area contributed by atoms with Gasteiger partial charge in [0.25, 0.3) is 5.91 Å². The monoisotopic (exact) mass is 396 g/mol. The van der Waals surface area contributed by atoms with E-state index in [0.717, 1.165) is 11.1 Å². The molecule has 1 N–H and O–H groups in total. The van der Waals surface area contributed by atoms with Crippen LogP contribution in [0, 0.1) is 6.92 Å². The maximum Gasteiger partial charge on any atom is 0.261 e. The first kappa shape index (κ1) is 22.5. The Hall–Kier alpha value is -2.82. The van der Waals surface area contributed by atoms with E-state index in [9.17, 15) is 9.59 Å². The second-order valence-corrected chi connectivity index (χ2v) is 7.56. The van der Waals surface area contributed by atoms with Gasteiger partial charge in [0.1, 0.15) is 11.8 Å². The predicted octanol–water partition coefficient (Wildman–Crippen LogP) is 4.05. The second-order valence-electron chi connectivity index (χ2n) is 7.56. The van der Waals surface area contributed by atoms with Crippen LogP contribution in [0.3, 0.4) is 0 Å². The Bertz CT molecular complexity index is 815. The lowest BCUT2D eigenvalue weighted by atomic mass is 10.0. The fourth-order valence-electron chi connectivity index (χ4n) is 3.27. The molecule has 1 atom stereocenters. The summed E-state index contributed by atoms with van der Waals surface area (Å²) in [5.74, 6) is 0.698. The summed E-state index contributed by atoms with van der Waals surface area (Å²) in [4.78, 5) is 27.0. The van der Waals surface area contributed by atoms with Crippen LogP contribution in [0.2, 0.25) is 0 Å². The average Bonchev–Trinajstić information content (AvgIpc) is 2.71. The van der Waals surface area contributed by atoms with E-state index < -0.39 is 6.04 Å². The van der Waals surface area contributed by atoms with Crippen LogP contribution in [0.1, 0.15) is 49.8 Å². The zero-order chi connectivity index (χ0) is 21.4. The van der Waals surface area contributed by atoms with Gasteiger partial charge >= 0.3 is 0 Å². The van der Waals surface area contributed by atoms with Crippen LogP contribution >= 0.6 is 0 Å². The molecule has 0 aliphatic carbocycles. The summed E-state index contributed by atoms with van der Waals surface area (Å²) in [6.07, 6.45) is 0.528. The van der Waals surface area contributed by atoms with E-state index >= 15 is 0 Å². The third kappa shape index (κ3) is 6.34. The van der Waals surface area contributed by atoms with Gasteiger partial charge in [-0.25, -0.2) is 0 Å². The number of nitrogens with zero attached hydrogens (tertiary/aromatic N) is 1. The first-order valence-corrected chi connectivity index (χ1v) is 10.1. The molecule has 0 spiro atoms. The van der Waals surface area contributed by atoms with Crippen molar-refractivity contribution < 1.29 is 14.3 Å². The number of hydrogen-bond acceptors (Lipinski definition) is 3. The van der Waals surface area contributed by atoms with Crippen LogP contribution in [-0.4, -0.2) is 36.4 Å². The molecule has 0 radical (unpaired) electrons. The molecular formula is C24H32N2O3. The van der Waals surface area contributed by atoms with Crippen LogP contribution in [0.15, 0.2) is 48.5 Å². The number of hydrogen-bond donors (Lipinski definition) is 1. The Morgan fingerprint density at radius 3 is 2.34 bits per heavy atom. The van der Waals surface area contributed by atoms with Gasteiger partial charge in [-0.2, -0.15) is 0 Å². The van der Waals surface area contributed by atoms with E-state index in [1.165, 1.54) is 5.56 Å². The molecule has 0 fully saturated rings. The molecule has 0 saturated carbocycles. The molecule has 156 valence electrons. The fraction of sp³-hybridized carbons (Fsp3) is 0.417. The molecular weight excluding hydrogens is 364 g/mol. The zero-order valence-corrected chi connectivity index (χ0v) is 18.1. The summed E-state index contributed by atoms with van der Waals surface area (Å²) in [5, 5.41) is 2.67. The lowest BCUT2D eigenvalue weighted by molar-refractivity contribution is -0.142. The van der Waals surface area contributed by atoms with Gasteiger partial charge in [0, 0.05) is 13.6 Å². The lowest BCUT2D eigenvalue weighted by Gasteiger charge is -2.30. The molecule has 0 aliphatic rings. The number of benzene rings is 2. The van der Waals surface area contributed by atoms with Crippen molar-refractivity contribution in [3.05, 3.63) is 65.2 Å². The minimum absolute atomic E-state index is 0.111. The smallest absolute Gasteiger partial charge is 0.261 e. The predicted molar refractivity (Wildman–Crippen MR) is 116 cm³/mol. The molecule has 0 aromatic heterocycles. The largest absolute Gasteiger partial charge is 0.484 e. The highest BCUT2D eigenvalue weighted by atomic mass is 16.5. The quantitative estimate of drug-likeness (QED) is 0.696. The number of rotatable bonds is 9. The van der Waals surface area contributed by atoms with E-state index in [-0.39, 0.29) is 18.4 Å². The third-order valence-electron chi connectivity index (χ3n) is 4.98. The van der Waals surface area contributed by atoms with Gasteiger partial charge in [0.2, 0.25) is 5.91 Å². The molecule has 2 amide bonds. The van der Waals surface area contributed by atoms with Crippen LogP contribution in [-0.2, 0) is 16.1 Å². The molecule has 2 rings (SSSR count). The van der Waals surface area contributed by atoms with Crippen LogP contribution in [0.4, 0.5) is 0 Å². The van der Waals surface area contributed by atoms with Gasteiger partial charge in [-0.1, -0.05) is 62.7 Å². The van der Waals surface area contributed by atoms with Gasteiger partial charge in [-0.05, 0) is 42.5 Å². The van der Waals surface area contributed by atoms with Crippen molar-refractivity contribution in [3.63, 3.8) is 0 Å². The Morgan fingerprint density at radius 2 is 1.79 bits per heavy atom. The van der Waals surface area contributed by atoms with Gasteiger partial charge in [-0.15, -0.1) is 0 Å². The second kappa shape index (κ2) is 10.6. The molecule has 5 nitrogen and oxygen atoms in total. The topological polar surface area (TPSA) is 58.6 Å². The normalized spacial score (nSPS) is 11.8. The van der Waals surface area contributed by atoms with Crippen molar-refractivity contribution in [1.29, 1.82) is 0 Å². The van der Waals surface area contributed by atoms with Crippen LogP contribution in [0.5, 0.6) is 5.75 Å². The summed E-state index contributed by atoms with van der Waals surface area (Å²) in [6, 6.07) is 15.2. The van der Waals surface area contributed by atoms with Gasteiger partial charge in [-0.3, -0.25) is 9.59 Å². The molecule has 5 heteroatoms. The van der Waals surface area contributed by atoms with E-state index in [1.54, 1.807) is 11.9 Å². The Balaban J connectivity index is 2.15. The maximum atomic E-state index is 13.0. The SMILES string of the molecule is CC[C@@H](C(=O)NC)N(Cc1cccc(C)c1)C(=O)COc1ccc(C(C)C)cc1. The van der Waals surface area contributed by atoms with E-state index in [1.807, 2.05) is 62.4 Å². The highest BCUT2D eigenvalue weighted by molar-refractivity contribution is 5.88. The minimum Gasteiger partial charge on any atom is -0.484 e. The summed E-state index contributed by atoms with van der Waals surface area (Å²) >= 11 is 0. The maximum absolute atomic E-state index is 13.0. The number of carbonyl (C=O) groups excluding carboxylic acids is 2. The van der Waals surface area contributed by atoms with Crippen molar-refractivity contribution >= 4 is 11.8 Å². The highest BCUT2D eigenvalue weighted by Crippen LogP contribution is 2.19. The summed E-state index contributed by atoms with van der Waals surface area (Å²) in [5.41, 5.74) is 3.32. The molecule has 0 heterocycles.